The summed E-state index contributed by atoms with van der Waals surface area (Å²) in [6, 6.07) is 11.0. The molecule has 4 aliphatic carbocycles. The molecule has 0 heteroatoms. The molecule has 0 heterocycles. The van der Waals surface area contributed by atoms with Crippen LogP contribution in [0, 0.1) is 17.9 Å². The molecular weight excluding hydrogens is 360 g/mol. The summed E-state index contributed by atoms with van der Waals surface area (Å²) in [4.78, 5) is 0. The second-order valence-corrected chi connectivity index (χ2v) is 10.9. The molecule has 3 fully saturated rings. The monoisotopic (exact) mass is 401 g/mol. The Kier molecular flexibility index (Phi) is 6.49. The van der Waals surface area contributed by atoms with E-state index in [0.717, 1.165) is 17.8 Å². The molecule has 161 valence electrons. The van der Waals surface area contributed by atoms with Crippen molar-refractivity contribution in [2.75, 3.05) is 0 Å². The van der Waals surface area contributed by atoms with E-state index in [0.29, 0.717) is 0 Å². The highest BCUT2D eigenvalue weighted by Crippen LogP contribution is 2.50. The van der Waals surface area contributed by atoms with Gasteiger partial charge in [0.1, 0.15) is 0 Å². The van der Waals surface area contributed by atoms with Crippen LogP contribution in [0.15, 0.2) is 42.0 Å². The minimum Gasteiger partial charge on any atom is -0.0733 e. The van der Waals surface area contributed by atoms with Crippen molar-refractivity contribution in [1.29, 1.82) is 0 Å². The highest BCUT2D eigenvalue weighted by molar-refractivity contribution is 5.42. The fraction of sp³-hybridized carbons (Fsp3) is 0.667. The molecule has 30 heavy (non-hydrogen) atoms. The van der Waals surface area contributed by atoms with E-state index in [9.17, 15) is 0 Å². The highest BCUT2D eigenvalue weighted by Gasteiger charge is 2.41. The van der Waals surface area contributed by atoms with Crippen LogP contribution < -0.4 is 0 Å². The maximum Gasteiger partial charge on any atom is 0.0201 e. The molecule has 5 rings (SSSR count). The van der Waals surface area contributed by atoms with Gasteiger partial charge in [-0.1, -0.05) is 99.8 Å². The van der Waals surface area contributed by atoms with Gasteiger partial charge in [-0.3, -0.25) is 0 Å². The fourth-order valence-corrected chi connectivity index (χ4v) is 7.32. The number of benzene rings is 1. The van der Waals surface area contributed by atoms with E-state index in [4.69, 9.17) is 0 Å². The zero-order valence-electron chi connectivity index (χ0n) is 19.0. The van der Waals surface area contributed by atoms with Gasteiger partial charge in [0.15, 0.2) is 0 Å². The van der Waals surface area contributed by atoms with Gasteiger partial charge in [0.2, 0.25) is 0 Å². The van der Waals surface area contributed by atoms with Gasteiger partial charge in [0, 0.05) is 5.41 Å². The molecule has 4 aliphatic rings. The van der Waals surface area contributed by atoms with Crippen LogP contribution in [-0.4, -0.2) is 0 Å². The molecule has 1 unspecified atom stereocenters. The number of rotatable bonds is 4. The summed E-state index contributed by atoms with van der Waals surface area (Å²) in [6.45, 7) is 0. The van der Waals surface area contributed by atoms with Gasteiger partial charge in [-0.2, -0.15) is 0 Å². The van der Waals surface area contributed by atoms with Gasteiger partial charge < -0.3 is 0 Å². The van der Waals surface area contributed by atoms with Crippen LogP contribution in [0.2, 0.25) is 0 Å². The molecule has 0 spiro atoms. The van der Waals surface area contributed by atoms with Crippen molar-refractivity contribution >= 4 is 0 Å². The second kappa shape index (κ2) is 9.46. The Hall–Kier alpha value is -1.30. The standard InChI is InChI=1S/C30H41/c1-4-12-24(13-5-1)26-16-10-20-29(22-26)30(28-18-8-3-9-19-28)21-11-17-27(23-30)25-14-6-2-7-15-25/h11,16-17,20-22,24-25,28H,1-9,12-15,18-19,23H2. The zero-order chi connectivity index (χ0) is 20.2. The molecule has 0 amide bonds. The van der Waals surface area contributed by atoms with Gasteiger partial charge in [-0.15, -0.1) is 0 Å². The first kappa shape index (κ1) is 20.6. The molecule has 0 bridgehead atoms. The van der Waals surface area contributed by atoms with Crippen molar-refractivity contribution < 1.29 is 0 Å². The summed E-state index contributed by atoms with van der Waals surface area (Å²) in [5.74, 6) is 2.43. The highest BCUT2D eigenvalue weighted by atomic mass is 14.4. The summed E-state index contributed by atoms with van der Waals surface area (Å²) >= 11 is 0. The molecular formula is C30H41. The Morgan fingerprint density at radius 3 is 2.03 bits per heavy atom. The topological polar surface area (TPSA) is 0 Å². The van der Waals surface area contributed by atoms with Crippen LogP contribution in [0.1, 0.15) is 120 Å². The Bertz CT molecular complexity index is 750. The largest absolute Gasteiger partial charge is 0.0733 e. The maximum absolute atomic E-state index is 3.63. The SMILES string of the molecule is [c]1cc(C2CCCCC2)cc(C2(C3CCCCC3)C=CC=C(C3CCCCC3)C2)c1. The average Bonchev–Trinajstić information content (AvgIpc) is 2.86. The van der Waals surface area contributed by atoms with Crippen molar-refractivity contribution in [2.45, 2.75) is 114 Å². The smallest absolute Gasteiger partial charge is 0.0201 e. The number of allylic oxidation sites excluding steroid dienone is 4. The molecule has 0 saturated heterocycles. The van der Waals surface area contributed by atoms with E-state index in [2.05, 4.69) is 42.5 Å². The van der Waals surface area contributed by atoms with E-state index in [1.54, 1.807) is 16.7 Å². The Labute approximate surface area is 185 Å². The molecule has 0 aromatic heterocycles. The van der Waals surface area contributed by atoms with E-state index in [1.165, 1.54) is 103 Å². The minimum atomic E-state index is 0.225. The molecule has 3 saturated carbocycles. The Morgan fingerprint density at radius 1 is 0.700 bits per heavy atom. The first-order valence-electron chi connectivity index (χ1n) is 13.2. The first-order chi connectivity index (χ1) is 14.9. The minimum absolute atomic E-state index is 0.225. The quantitative estimate of drug-likeness (QED) is 0.472. The predicted octanol–water partition coefficient (Wildman–Crippen LogP) is 8.82. The van der Waals surface area contributed by atoms with Gasteiger partial charge in [0.05, 0.1) is 0 Å². The predicted molar refractivity (Wildman–Crippen MR) is 128 cm³/mol. The number of hydrogen-bond acceptors (Lipinski definition) is 0. The Balaban J connectivity index is 1.48. The average molecular weight is 402 g/mol. The van der Waals surface area contributed by atoms with Crippen LogP contribution in [0.5, 0.6) is 0 Å². The summed E-state index contributed by atoms with van der Waals surface area (Å²) in [7, 11) is 0. The van der Waals surface area contributed by atoms with E-state index < -0.39 is 0 Å². The molecule has 1 radical (unpaired) electrons. The van der Waals surface area contributed by atoms with Gasteiger partial charge >= 0.3 is 0 Å². The van der Waals surface area contributed by atoms with Crippen molar-refractivity contribution in [1.82, 2.24) is 0 Å². The lowest BCUT2D eigenvalue weighted by molar-refractivity contribution is 0.233. The molecule has 0 aliphatic heterocycles. The van der Waals surface area contributed by atoms with Gasteiger partial charge in [-0.05, 0) is 79.9 Å². The fourth-order valence-electron chi connectivity index (χ4n) is 7.32. The van der Waals surface area contributed by atoms with Crippen LogP contribution in [0.3, 0.4) is 0 Å². The van der Waals surface area contributed by atoms with Crippen molar-refractivity contribution in [2.24, 2.45) is 11.8 Å². The third-order valence-electron chi connectivity index (χ3n) is 9.09. The van der Waals surface area contributed by atoms with Crippen LogP contribution in [-0.2, 0) is 5.41 Å². The normalized spacial score (nSPS) is 29.7. The van der Waals surface area contributed by atoms with E-state index >= 15 is 0 Å². The lowest BCUT2D eigenvalue weighted by Gasteiger charge is -2.45. The molecule has 1 atom stereocenters. The van der Waals surface area contributed by atoms with Crippen LogP contribution >= 0.6 is 0 Å². The maximum atomic E-state index is 3.63. The lowest BCUT2D eigenvalue weighted by Crippen LogP contribution is -2.37. The zero-order valence-corrected chi connectivity index (χ0v) is 19.0. The third kappa shape index (κ3) is 4.21. The van der Waals surface area contributed by atoms with E-state index in [1.807, 2.05) is 0 Å². The van der Waals surface area contributed by atoms with E-state index in [-0.39, 0.29) is 5.41 Å². The van der Waals surface area contributed by atoms with Crippen molar-refractivity contribution in [3.05, 3.63) is 59.2 Å². The number of hydrogen-bond donors (Lipinski definition) is 0. The third-order valence-corrected chi connectivity index (χ3v) is 9.09. The van der Waals surface area contributed by atoms with Crippen LogP contribution in [0.25, 0.3) is 0 Å². The van der Waals surface area contributed by atoms with Crippen molar-refractivity contribution in [3.63, 3.8) is 0 Å². The molecule has 0 N–H and O–H groups in total. The van der Waals surface area contributed by atoms with Crippen molar-refractivity contribution in [3.8, 4) is 0 Å². The lowest BCUT2D eigenvalue weighted by atomic mass is 9.59. The second-order valence-electron chi connectivity index (χ2n) is 10.9. The molecule has 1 aromatic rings. The van der Waals surface area contributed by atoms with Gasteiger partial charge in [0.25, 0.3) is 0 Å². The van der Waals surface area contributed by atoms with Gasteiger partial charge in [-0.25, -0.2) is 0 Å². The first-order valence-corrected chi connectivity index (χ1v) is 13.2. The summed E-state index contributed by atoms with van der Waals surface area (Å²) in [6.07, 6.45) is 30.2. The molecule has 0 nitrogen and oxygen atoms in total. The summed E-state index contributed by atoms with van der Waals surface area (Å²) in [5, 5.41) is 0. The van der Waals surface area contributed by atoms with Crippen LogP contribution in [0.4, 0.5) is 0 Å². The molecule has 1 aromatic carbocycles. The summed E-state index contributed by atoms with van der Waals surface area (Å²) < 4.78 is 0. The Morgan fingerprint density at radius 2 is 1.33 bits per heavy atom. The summed E-state index contributed by atoms with van der Waals surface area (Å²) in [5.41, 5.74) is 5.17.